The summed E-state index contributed by atoms with van der Waals surface area (Å²) < 4.78 is 5.28. The fourth-order valence-electron chi connectivity index (χ4n) is 3.32. The predicted octanol–water partition coefficient (Wildman–Crippen LogP) is 2.56. The number of esters is 1. The third-order valence-corrected chi connectivity index (χ3v) is 4.77. The molecule has 2 atom stereocenters. The number of urea groups is 1. The minimum Gasteiger partial charge on any atom is -0.452 e. The fraction of sp³-hybridized carbons (Fsp3) is 0.550. The number of carbonyl (C=O) groups excluding carboxylic acids is 3. The van der Waals surface area contributed by atoms with Gasteiger partial charge in [0.25, 0.3) is 5.91 Å². The van der Waals surface area contributed by atoms with Gasteiger partial charge < -0.3 is 21.1 Å². The standard InChI is InChI=1S/C20H29N3O4/c1-14(19(25)22-16-11-7-2-3-8-12-16)27-18(24)13-17(23-20(21)26)15-9-5-4-6-10-15/h4-6,9-10,14,16-17H,2-3,7-8,11-13H2,1H3,(H,22,25)(H3,21,23,26)/t14-,17-/m1/s1. The Kier molecular flexibility index (Phi) is 8.10. The SMILES string of the molecule is C[C@@H](OC(=O)C[C@@H](NC(N)=O)c1ccccc1)C(=O)NC1CCCCCC1. The molecule has 1 saturated carbocycles. The quantitative estimate of drug-likeness (QED) is 0.502. The summed E-state index contributed by atoms with van der Waals surface area (Å²) in [4.78, 5) is 35.8. The maximum Gasteiger partial charge on any atom is 0.312 e. The predicted molar refractivity (Wildman–Crippen MR) is 102 cm³/mol. The highest BCUT2D eigenvalue weighted by atomic mass is 16.5. The molecule has 1 fully saturated rings. The minimum atomic E-state index is -0.884. The van der Waals surface area contributed by atoms with E-state index in [1.165, 1.54) is 12.8 Å². The number of ether oxygens (including phenoxy) is 1. The minimum absolute atomic E-state index is 0.103. The van der Waals surface area contributed by atoms with Gasteiger partial charge in [-0.25, -0.2) is 4.79 Å². The molecule has 0 unspecified atom stereocenters. The molecular weight excluding hydrogens is 346 g/mol. The Morgan fingerprint density at radius 3 is 2.33 bits per heavy atom. The Morgan fingerprint density at radius 2 is 1.74 bits per heavy atom. The number of hydrogen-bond donors (Lipinski definition) is 3. The van der Waals surface area contributed by atoms with E-state index in [9.17, 15) is 14.4 Å². The van der Waals surface area contributed by atoms with Crippen LogP contribution in [0.3, 0.4) is 0 Å². The summed E-state index contributed by atoms with van der Waals surface area (Å²) in [5, 5.41) is 5.51. The molecule has 0 saturated heterocycles. The zero-order valence-corrected chi connectivity index (χ0v) is 15.8. The van der Waals surface area contributed by atoms with Gasteiger partial charge in [0.2, 0.25) is 0 Å². The van der Waals surface area contributed by atoms with Crippen LogP contribution in [0.4, 0.5) is 4.79 Å². The van der Waals surface area contributed by atoms with Crippen LogP contribution < -0.4 is 16.4 Å². The van der Waals surface area contributed by atoms with Crippen molar-refractivity contribution in [2.75, 3.05) is 0 Å². The van der Waals surface area contributed by atoms with Crippen LogP contribution in [0.5, 0.6) is 0 Å². The van der Waals surface area contributed by atoms with Gasteiger partial charge in [-0.05, 0) is 25.3 Å². The molecule has 7 heteroatoms. The van der Waals surface area contributed by atoms with Crippen molar-refractivity contribution in [2.24, 2.45) is 5.73 Å². The first-order valence-corrected chi connectivity index (χ1v) is 9.56. The van der Waals surface area contributed by atoms with Crippen LogP contribution >= 0.6 is 0 Å². The van der Waals surface area contributed by atoms with Gasteiger partial charge in [-0.1, -0.05) is 56.0 Å². The Bertz CT molecular complexity index is 627. The van der Waals surface area contributed by atoms with Gasteiger partial charge in [0.05, 0.1) is 12.5 Å². The van der Waals surface area contributed by atoms with E-state index in [1.807, 2.05) is 6.07 Å². The molecule has 27 heavy (non-hydrogen) atoms. The molecule has 1 aromatic rings. The highest BCUT2D eigenvalue weighted by molar-refractivity contribution is 5.84. The Hall–Kier alpha value is -2.57. The Balaban J connectivity index is 1.87. The fourth-order valence-corrected chi connectivity index (χ4v) is 3.32. The second-order valence-electron chi connectivity index (χ2n) is 7.01. The number of carbonyl (C=O) groups is 3. The second-order valence-corrected chi connectivity index (χ2v) is 7.01. The molecule has 1 aromatic carbocycles. The lowest BCUT2D eigenvalue weighted by atomic mass is 10.0. The molecule has 2 rings (SSSR count). The van der Waals surface area contributed by atoms with Crippen molar-refractivity contribution in [3.05, 3.63) is 35.9 Å². The van der Waals surface area contributed by atoms with Crippen LogP contribution in [-0.2, 0) is 14.3 Å². The number of hydrogen-bond acceptors (Lipinski definition) is 4. The number of amides is 3. The number of rotatable bonds is 7. The van der Waals surface area contributed by atoms with E-state index in [4.69, 9.17) is 10.5 Å². The van der Waals surface area contributed by atoms with Gasteiger partial charge in [-0.15, -0.1) is 0 Å². The van der Waals surface area contributed by atoms with Gasteiger partial charge >= 0.3 is 12.0 Å². The number of nitrogens with one attached hydrogen (secondary N) is 2. The van der Waals surface area contributed by atoms with Gasteiger partial charge in [-0.3, -0.25) is 9.59 Å². The van der Waals surface area contributed by atoms with Crippen molar-refractivity contribution in [3.63, 3.8) is 0 Å². The highest BCUT2D eigenvalue weighted by Crippen LogP contribution is 2.19. The van der Waals surface area contributed by atoms with Crippen molar-refractivity contribution in [2.45, 2.75) is 70.1 Å². The summed E-state index contributed by atoms with van der Waals surface area (Å²) in [5.41, 5.74) is 5.95. The van der Waals surface area contributed by atoms with Gasteiger partial charge in [0, 0.05) is 6.04 Å². The normalized spacial score (nSPS) is 17.2. The summed E-state index contributed by atoms with van der Waals surface area (Å²) in [6.07, 6.45) is 5.55. The monoisotopic (exact) mass is 375 g/mol. The maximum absolute atomic E-state index is 12.3. The largest absolute Gasteiger partial charge is 0.452 e. The van der Waals surface area contributed by atoms with E-state index in [2.05, 4.69) is 10.6 Å². The lowest BCUT2D eigenvalue weighted by molar-refractivity contribution is -0.155. The first-order chi connectivity index (χ1) is 13.0. The zero-order valence-electron chi connectivity index (χ0n) is 15.8. The van der Waals surface area contributed by atoms with Crippen molar-refractivity contribution >= 4 is 17.9 Å². The molecule has 0 aliphatic heterocycles. The lowest BCUT2D eigenvalue weighted by Crippen LogP contribution is -2.42. The molecule has 4 N–H and O–H groups in total. The number of nitrogens with two attached hydrogens (primary N) is 1. The molecule has 0 aromatic heterocycles. The van der Waals surface area contributed by atoms with Crippen molar-refractivity contribution in [1.82, 2.24) is 10.6 Å². The van der Waals surface area contributed by atoms with Gasteiger partial charge in [0.15, 0.2) is 6.10 Å². The average Bonchev–Trinajstić information content (AvgIpc) is 2.90. The second kappa shape index (κ2) is 10.5. The van der Waals surface area contributed by atoms with Crippen LogP contribution in [-0.4, -0.2) is 30.1 Å². The number of primary amides is 1. The van der Waals surface area contributed by atoms with Crippen LogP contribution in [0.1, 0.15) is 63.5 Å². The van der Waals surface area contributed by atoms with E-state index in [0.717, 1.165) is 31.2 Å². The first kappa shape index (κ1) is 20.7. The highest BCUT2D eigenvalue weighted by Gasteiger charge is 2.24. The Labute approximate surface area is 160 Å². The topological polar surface area (TPSA) is 111 Å². The van der Waals surface area contributed by atoms with E-state index in [-0.39, 0.29) is 18.4 Å². The maximum atomic E-state index is 12.3. The van der Waals surface area contributed by atoms with Crippen LogP contribution in [0.25, 0.3) is 0 Å². The smallest absolute Gasteiger partial charge is 0.312 e. The van der Waals surface area contributed by atoms with E-state index < -0.39 is 24.1 Å². The zero-order chi connectivity index (χ0) is 19.6. The van der Waals surface area contributed by atoms with Gasteiger partial charge in [0.1, 0.15) is 0 Å². The summed E-state index contributed by atoms with van der Waals surface area (Å²) in [5.74, 6) is -0.851. The Morgan fingerprint density at radius 1 is 1.11 bits per heavy atom. The molecule has 148 valence electrons. The average molecular weight is 375 g/mol. The van der Waals surface area contributed by atoms with E-state index in [0.29, 0.717) is 0 Å². The molecule has 0 heterocycles. The van der Waals surface area contributed by atoms with Crippen LogP contribution in [0, 0.1) is 0 Å². The summed E-state index contributed by atoms with van der Waals surface area (Å²) in [6.45, 7) is 1.56. The molecular formula is C20H29N3O4. The third kappa shape index (κ3) is 7.29. The number of benzene rings is 1. The molecule has 3 amide bonds. The first-order valence-electron chi connectivity index (χ1n) is 9.56. The molecule has 0 bridgehead atoms. The van der Waals surface area contributed by atoms with Gasteiger partial charge in [-0.2, -0.15) is 0 Å². The van der Waals surface area contributed by atoms with Crippen LogP contribution in [0.15, 0.2) is 30.3 Å². The van der Waals surface area contributed by atoms with Crippen molar-refractivity contribution < 1.29 is 19.1 Å². The molecule has 1 aliphatic carbocycles. The van der Waals surface area contributed by atoms with Crippen molar-refractivity contribution in [3.8, 4) is 0 Å². The third-order valence-electron chi connectivity index (χ3n) is 4.77. The molecule has 0 radical (unpaired) electrons. The molecule has 1 aliphatic rings. The molecule has 0 spiro atoms. The summed E-state index contributed by atoms with van der Waals surface area (Å²) in [7, 11) is 0. The molecule has 7 nitrogen and oxygen atoms in total. The van der Waals surface area contributed by atoms with Crippen molar-refractivity contribution in [1.29, 1.82) is 0 Å². The van der Waals surface area contributed by atoms with E-state index in [1.54, 1.807) is 31.2 Å². The van der Waals surface area contributed by atoms with E-state index >= 15 is 0 Å². The van der Waals surface area contributed by atoms with Crippen LogP contribution in [0.2, 0.25) is 0 Å². The lowest BCUT2D eigenvalue weighted by Gasteiger charge is -2.21. The summed E-state index contributed by atoms with van der Waals surface area (Å²) in [6, 6.07) is 7.84. The summed E-state index contributed by atoms with van der Waals surface area (Å²) >= 11 is 0.